The maximum atomic E-state index is 13.3. The number of nitrogens with one attached hydrogen (secondary N) is 1. The molecule has 11 nitrogen and oxygen atoms in total. The van der Waals surface area contributed by atoms with E-state index >= 15 is 0 Å². The van der Waals surface area contributed by atoms with E-state index in [-0.39, 0.29) is 29.2 Å². The van der Waals surface area contributed by atoms with E-state index in [0.29, 0.717) is 31.6 Å². The second kappa shape index (κ2) is 15.1. The lowest BCUT2D eigenvalue weighted by molar-refractivity contribution is -0.163. The topological polar surface area (TPSA) is 132 Å². The molecular weight excluding hydrogens is 520 g/mol. The first-order valence-electron chi connectivity index (χ1n) is 13.3. The Morgan fingerprint density at radius 2 is 1.90 bits per heavy atom. The van der Waals surface area contributed by atoms with Crippen molar-refractivity contribution in [3.63, 3.8) is 0 Å². The monoisotopic (exact) mass is 558 g/mol. The number of rotatable bonds is 11. The number of carbonyl (C=O) groups is 3. The van der Waals surface area contributed by atoms with Crippen LogP contribution < -0.4 is 19.5 Å². The largest absolute Gasteiger partial charge is 0.493 e. The molecule has 40 heavy (non-hydrogen) atoms. The second-order valence-corrected chi connectivity index (χ2v) is 9.85. The number of hydrogen-bond donors (Lipinski definition) is 1. The van der Waals surface area contributed by atoms with Crippen LogP contribution in [0.1, 0.15) is 57.4 Å². The molecule has 1 aliphatic rings. The van der Waals surface area contributed by atoms with Gasteiger partial charge in [0.25, 0.3) is 5.91 Å². The number of ether oxygens (including phenoxy) is 6. The quantitative estimate of drug-likeness (QED) is 0.322. The van der Waals surface area contributed by atoms with Crippen molar-refractivity contribution >= 4 is 17.8 Å². The van der Waals surface area contributed by atoms with Gasteiger partial charge in [-0.1, -0.05) is 32.0 Å². The minimum absolute atomic E-state index is 0.0213. The Bertz CT molecular complexity index is 1130. The Morgan fingerprint density at radius 1 is 1.15 bits per heavy atom. The van der Waals surface area contributed by atoms with E-state index in [1.807, 2.05) is 44.2 Å². The fourth-order valence-electron chi connectivity index (χ4n) is 4.21. The van der Waals surface area contributed by atoms with Crippen LogP contribution in [0.15, 0.2) is 42.6 Å². The van der Waals surface area contributed by atoms with Gasteiger partial charge in [0.1, 0.15) is 30.1 Å². The maximum absolute atomic E-state index is 13.3. The first-order chi connectivity index (χ1) is 19.2. The molecule has 2 aromatic rings. The van der Waals surface area contributed by atoms with Crippen LogP contribution in [0, 0.1) is 5.92 Å². The minimum atomic E-state index is -0.953. The van der Waals surface area contributed by atoms with Gasteiger partial charge in [-0.25, -0.2) is 9.78 Å². The van der Waals surface area contributed by atoms with Crippen molar-refractivity contribution < 1.29 is 42.8 Å². The summed E-state index contributed by atoms with van der Waals surface area (Å²) in [6, 6.07) is 9.97. The van der Waals surface area contributed by atoms with Crippen molar-refractivity contribution in [1.29, 1.82) is 0 Å². The highest BCUT2D eigenvalue weighted by molar-refractivity contribution is 5.98. The minimum Gasteiger partial charge on any atom is -0.493 e. The number of esters is 2. The zero-order valence-electron chi connectivity index (χ0n) is 23.6. The highest BCUT2D eigenvalue weighted by atomic mass is 16.7. The molecule has 218 valence electrons. The standard InChI is InChI=1S/C29H38N2O9/c1-18(2)16-36-26-19(3)39-29(34)22(12-9-13-24(26)40-21-10-7-6-8-11-21)31-28(33)25-27(38-17-37-20(4)32)23(35-5)14-15-30-25/h6-8,10-11,14-15,18-19,22,24,26H,9,12-13,16-17H2,1-5H3,(H,31,33)/t19-,22-,24-,26-/m0/s1. The molecule has 0 radical (unpaired) electrons. The van der Waals surface area contributed by atoms with Crippen molar-refractivity contribution in [3.8, 4) is 17.2 Å². The molecule has 3 rings (SSSR count). The van der Waals surface area contributed by atoms with E-state index in [4.69, 9.17) is 28.4 Å². The smallest absolute Gasteiger partial charge is 0.329 e. The van der Waals surface area contributed by atoms with Gasteiger partial charge in [0.05, 0.1) is 7.11 Å². The molecule has 0 bridgehead atoms. The van der Waals surface area contributed by atoms with E-state index in [2.05, 4.69) is 10.3 Å². The number of para-hydroxylation sites is 1. The number of pyridine rings is 1. The Morgan fingerprint density at radius 3 is 2.58 bits per heavy atom. The van der Waals surface area contributed by atoms with Gasteiger partial charge in [-0.05, 0) is 44.2 Å². The van der Waals surface area contributed by atoms with E-state index in [1.54, 1.807) is 6.92 Å². The van der Waals surface area contributed by atoms with Crippen molar-refractivity contribution in [2.24, 2.45) is 5.92 Å². The highest BCUT2D eigenvalue weighted by Crippen LogP contribution is 2.30. The lowest BCUT2D eigenvalue weighted by atomic mass is 10.0. The molecule has 1 fully saturated rings. The molecule has 1 aliphatic heterocycles. The van der Waals surface area contributed by atoms with Crippen LogP contribution in [-0.2, 0) is 23.8 Å². The number of benzene rings is 1. The molecule has 0 spiro atoms. The fraction of sp³-hybridized carbons (Fsp3) is 0.517. The molecule has 1 aromatic heterocycles. The third-order valence-corrected chi connectivity index (χ3v) is 6.12. The van der Waals surface area contributed by atoms with Gasteiger partial charge in [0.15, 0.2) is 17.2 Å². The van der Waals surface area contributed by atoms with Gasteiger partial charge in [0.2, 0.25) is 6.79 Å². The van der Waals surface area contributed by atoms with Crippen LogP contribution in [0.5, 0.6) is 17.2 Å². The summed E-state index contributed by atoms with van der Waals surface area (Å²) in [6.07, 6.45) is 1.26. The van der Waals surface area contributed by atoms with Crippen LogP contribution in [0.4, 0.5) is 0 Å². The molecule has 1 amide bonds. The van der Waals surface area contributed by atoms with E-state index in [1.165, 1.54) is 26.3 Å². The predicted octanol–water partition coefficient (Wildman–Crippen LogP) is 3.69. The number of amides is 1. The zero-order valence-corrected chi connectivity index (χ0v) is 23.6. The fourth-order valence-corrected chi connectivity index (χ4v) is 4.21. The summed E-state index contributed by atoms with van der Waals surface area (Å²) >= 11 is 0. The van der Waals surface area contributed by atoms with E-state index in [0.717, 1.165) is 0 Å². The summed E-state index contributed by atoms with van der Waals surface area (Å²) in [6.45, 7) is 7.11. The van der Waals surface area contributed by atoms with Crippen LogP contribution in [0.25, 0.3) is 0 Å². The zero-order chi connectivity index (χ0) is 29.1. The molecule has 0 aliphatic carbocycles. The van der Waals surface area contributed by atoms with Gasteiger partial charge < -0.3 is 33.7 Å². The highest BCUT2D eigenvalue weighted by Gasteiger charge is 2.37. The Hall–Kier alpha value is -3.86. The summed E-state index contributed by atoms with van der Waals surface area (Å²) in [5, 5.41) is 2.72. The first-order valence-corrected chi connectivity index (χ1v) is 13.3. The summed E-state index contributed by atoms with van der Waals surface area (Å²) in [5.41, 5.74) is -0.129. The summed E-state index contributed by atoms with van der Waals surface area (Å²) in [4.78, 5) is 41.8. The van der Waals surface area contributed by atoms with E-state index < -0.39 is 42.9 Å². The third kappa shape index (κ3) is 8.84. The SMILES string of the molecule is COc1ccnc(C(=O)N[C@H]2CCC[C@H](Oc3ccccc3)[C@@H](OCC(C)C)[C@H](C)OC2=O)c1OCOC(C)=O. The van der Waals surface area contributed by atoms with E-state index in [9.17, 15) is 14.4 Å². The molecule has 1 N–H and O–H groups in total. The molecule has 11 heteroatoms. The number of carbonyl (C=O) groups excluding carboxylic acids is 3. The Balaban J connectivity index is 1.78. The molecule has 2 heterocycles. The number of nitrogens with zero attached hydrogens (tertiary/aromatic N) is 1. The number of aromatic nitrogens is 1. The lowest BCUT2D eigenvalue weighted by Gasteiger charge is -2.32. The normalized spacial score (nSPS) is 21.3. The summed E-state index contributed by atoms with van der Waals surface area (Å²) in [7, 11) is 1.40. The third-order valence-electron chi connectivity index (χ3n) is 6.12. The number of methoxy groups -OCH3 is 1. The summed E-state index contributed by atoms with van der Waals surface area (Å²) < 4.78 is 33.9. The van der Waals surface area contributed by atoms with Crippen molar-refractivity contribution in [1.82, 2.24) is 10.3 Å². The molecule has 4 atom stereocenters. The van der Waals surface area contributed by atoms with Crippen molar-refractivity contribution in [3.05, 3.63) is 48.3 Å². The maximum Gasteiger partial charge on any atom is 0.329 e. The van der Waals surface area contributed by atoms with Crippen LogP contribution in [0.3, 0.4) is 0 Å². The number of cyclic esters (lactones) is 1. The molecular formula is C29H38N2O9. The van der Waals surface area contributed by atoms with Gasteiger partial charge in [0, 0.05) is 25.8 Å². The van der Waals surface area contributed by atoms with Crippen LogP contribution in [-0.4, -0.2) is 67.7 Å². The second-order valence-electron chi connectivity index (χ2n) is 9.85. The average Bonchev–Trinajstić information content (AvgIpc) is 2.96. The Labute approximate surface area is 234 Å². The first kappa shape index (κ1) is 30.7. The number of hydrogen-bond acceptors (Lipinski definition) is 10. The molecule has 1 saturated heterocycles. The van der Waals surface area contributed by atoms with Gasteiger partial charge in [-0.2, -0.15) is 0 Å². The predicted molar refractivity (Wildman–Crippen MR) is 144 cm³/mol. The van der Waals surface area contributed by atoms with Crippen LogP contribution >= 0.6 is 0 Å². The molecule has 0 unspecified atom stereocenters. The summed E-state index contributed by atoms with van der Waals surface area (Å²) in [5.74, 6) is -0.663. The Kier molecular flexibility index (Phi) is 11.6. The van der Waals surface area contributed by atoms with Gasteiger partial charge in [-0.3, -0.25) is 9.59 Å². The molecule has 0 saturated carbocycles. The average molecular weight is 559 g/mol. The van der Waals surface area contributed by atoms with Gasteiger partial charge in [-0.15, -0.1) is 0 Å². The van der Waals surface area contributed by atoms with Crippen molar-refractivity contribution in [2.45, 2.75) is 71.3 Å². The molecule has 1 aromatic carbocycles. The van der Waals surface area contributed by atoms with Crippen molar-refractivity contribution in [2.75, 3.05) is 20.5 Å². The van der Waals surface area contributed by atoms with Gasteiger partial charge >= 0.3 is 11.9 Å². The van der Waals surface area contributed by atoms with Crippen LogP contribution in [0.2, 0.25) is 0 Å². The lowest BCUT2D eigenvalue weighted by Crippen LogP contribution is -2.46.